The number of aromatic nitrogens is 4. The predicted octanol–water partition coefficient (Wildman–Crippen LogP) is 3.13. The van der Waals surface area contributed by atoms with Gasteiger partial charge in [-0.1, -0.05) is 12.8 Å². The molecule has 11 heteroatoms. The molecule has 10 nitrogen and oxygen atoms in total. The zero-order valence-corrected chi connectivity index (χ0v) is 19.9. The summed E-state index contributed by atoms with van der Waals surface area (Å²) < 4.78 is 17.1. The largest absolute Gasteiger partial charge is 0.367 e. The number of carbonyl (C=O) groups is 1. The summed E-state index contributed by atoms with van der Waals surface area (Å²) >= 11 is 0. The van der Waals surface area contributed by atoms with E-state index in [0.29, 0.717) is 30.5 Å². The minimum atomic E-state index is -0.573. The van der Waals surface area contributed by atoms with Gasteiger partial charge in [0.1, 0.15) is 17.2 Å². The summed E-state index contributed by atoms with van der Waals surface area (Å²) in [6.07, 6.45) is 9.24. The van der Waals surface area contributed by atoms with E-state index in [2.05, 4.69) is 31.4 Å². The monoisotopic (exact) mass is 477 g/mol. The number of nitrogens with one attached hydrogen (secondary N) is 1. The number of halogens is 1. The molecule has 0 atom stereocenters. The molecule has 1 N–H and O–H groups in total. The van der Waals surface area contributed by atoms with Gasteiger partial charge >= 0.3 is 0 Å². The molecule has 35 heavy (non-hydrogen) atoms. The molecule has 0 unspecified atom stereocenters. The topological polar surface area (TPSA) is 106 Å². The molecule has 0 aromatic carbocycles. The van der Waals surface area contributed by atoms with E-state index in [9.17, 15) is 4.79 Å². The summed E-state index contributed by atoms with van der Waals surface area (Å²) in [5.74, 6) is -0.0975. The normalized spacial score (nSPS) is 16.5. The first kappa shape index (κ1) is 22.8. The van der Waals surface area contributed by atoms with E-state index in [-0.39, 0.29) is 23.0 Å². The lowest BCUT2D eigenvalue weighted by Gasteiger charge is -2.33. The predicted molar refractivity (Wildman–Crippen MR) is 130 cm³/mol. The Morgan fingerprint density at radius 1 is 1.14 bits per heavy atom. The van der Waals surface area contributed by atoms with Crippen LogP contribution in [-0.4, -0.2) is 75.5 Å². The number of rotatable bonds is 5. The van der Waals surface area contributed by atoms with Gasteiger partial charge < -0.3 is 24.6 Å². The molecule has 2 fully saturated rings. The molecule has 1 saturated heterocycles. The second-order valence-corrected chi connectivity index (χ2v) is 9.20. The van der Waals surface area contributed by atoms with Gasteiger partial charge in [0.2, 0.25) is 5.95 Å². The Morgan fingerprint density at radius 3 is 2.51 bits per heavy atom. The Morgan fingerprint density at radius 2 is 1.89 bits per heavy atom. The number of hydrogen-bond acceptors (Lipinski definition) is 8. The Bertz CT molecular complexity index is 1270. The Balaban J connectivity index is 1.42. The number of piperazine rings is 1. The fourth-order valence-electron chi connectivity index (χ4n) is 4.86. The van der Waals surface area contributed by atoms with Gasteiger partial charge in [-0.15, -0.1) is 0 Å². The van der Waals surface area contributed by atoms with E-state index < -0.39 is 5.82 Å². The maximum absolute atomic E-state index is 15.4. The highest BCUT2D eigenvalue weighted by Gasteiger charge is 2.31. The Labute approximate surface area is 203 Å². The van der Waals surface area contributed by atoms with Crippen LogP contribution < -0.4 is 10.2 Å². The van der Waals surface area contributed by atoms with Crippen LogP contribution in [0.15, 0.2) is 24.5 Å². The van der Waals surface area contributed by atoms with Crippen LogP contribution in [0.3, 0.4) is 0 Å². The lowest BCUT2D eigenvalue weighted by Crippen LogP contribution is -2.44. The number of amides is 1. The van der Waals surface area contributed by atoms with Crippen LogP contribution in [-0.2, 0) is 0 Å². The number of carbonyl (C=O) groups excluding carboxylic acids is 1. The van der Waals surface area contributed by atoms with Crippen LogP contribution in [0.25, 0.3) is 11.0 Å². The minimum absolute atomic E-state index is 0.0301. The van der Waals surface area contributed by atoms with Gasteiger partial charge in [-0.3, -0.25) is 4.79 Å². The van der Waals surface area contributed by atoms with Crippen molar-refractivity contribution < 1.29 is 9.18 Å². The van der Waals surface area contributed by atoms with Crippen LogP contribution in [0, 0.1) is 17.3 Å². The highest BCUT2D eigenvalue weighted by atomic mass is 19.1. The quantitative estimate of drug-likeness (QED) is 0.559. The first-order chi connectivity index (χ1) is 17.0. The first-order valence-corrected chi connectivity index (χ1v) is 11.9. The first-order valence-electron chi connectivity index (χ1n) is 11.9. The number of anilines is 3. The summed E-state index contributed by atoms with van der Waals surface area (Å²) in [5, 5.41) is 12.4. The van der Waals surface area contributed by atoms with Crippen LogP contribution in [0.4, 0.5) is 21.8 Å². The van der Waals surface area contributed by atoms with E-state index in [4.69, 9.17) is 5.26 Å². The second-order valence-electron chi connectivity index (χ2n) is 9.20. The van der Waals surface area contributed by atoms with Crippen molar-refractivity contribution in [2.75, 3.05) is 50.5 Å². The number of hydrogen-bond donors (Lipinski definition) is 1. The molecule has 1 aliphatic heterocycles. The number of pyridine rings is 1. The molecule has 3 aromatic heterocycles. The average molecular weight is 478 g/mol. The fourth-order valence-corrected chi connectivity index (χ4v) is 4.86. The van der Waals surface area contributed by atoms with Gasteiger partial charge in [0.25, 0.3) is 5.91 Å². The molecule has 4 heterocycles. The summed E-state index contributed by atoms with van der Waals surface area (Å²) in [4.78, 5) is 31.6. The van der Waals surface area contributed by atoms with Crippen molar-refractivity contribution in [2.45, 2.75) is 31.7 Å². The molecule has 3 aromatic rings. The molecule has 1 saturated carbocycles. The van der Waals surface area contributed by atoms with Gasteiger partial charge in [-0.25, -0.2) is 14.4 Å². The SMILES string of the molecule is CN(C)C(=O)c1c(F)c2cnc(Nc3ccc(N4CCN(C#N)CC4)cn3)nc2n1C1CCCC1. The van der Waals surface area contributed by atoms with Gasteiger partial charge in [0.05, 0.1) is 17.3 Å². The maximum atomic E-state index is 15.4. The highest BCUT2D eigenvalue weighted by molar-refractivity contribution is 5.98. The molecular weight excluding hydrogens is 449 g/mol. The van der Waals surface area contributed by atoms with E-state index in [1.807, 2.05) is 12.1 Å². The summed E-state index contributed by atoms with van der Waals surface area (Å²) in [6, 6.07) is 3.84. The molecule has 182 valence electrons. The minimum Gasteiger partial charge on any atom is -0.367 e. The Hall–Kier alpha value is -3.94. The third-order valence-corrected chi connectivity index (χ3v) is 6.75. The number of nitrogens with zero attached hydrogens (tertiary/aromatic N) is 8. The van der Waals surface area contributed by atoms with Crippen LogP contribution >= 0.6 is 0 Å². The van der Waals surface area contributed by atoms with Crippen molar-refractivity contribution in [3.8, 4) is 6.19 Å². The second kappa shape index (κ2) is 9.37. The van der Waals surface area contributed by atoms with Crippen molar-refractivity contribution in [1.29, 1.82) is 5.26 Å². The highest BCUT2D eigenvalue weighted by Crippen LogP contribution is 2.36. The molecule has 0 radical (unpaired) electrons. The van der Waals surface area contributed by atoms with E-state index >= 15 is 4.39 Å². The Kier molecular flexibility index (Phi) is 6.11. The molecule has 2 aliphatic rings. The summed E-state index contributed by atoms with van der Waals surface area (Å²) in [7, 11) is 3.24. The number of nitriles is 1. The molecule has 1 aliphatic carbocycles. The molecular formula is C24H28FN9O. The van der Waals surface area contributed by atoms with E-state index in [1.54, 1.807) is 29.8 Å². The van der Waals surface area contributed by atoms with Crippen LogP contribution in [0.2, 0.25) is 0 Å². The van der Waals surface area contributed by atoms with E-state index in [1.165, 1.54) is 11.1 Å². The third-order valence-electron chi connectivity index (χ3n) is 6.75. The van der Waals surface area contributed by atoms with Crippen LogP contribution in [0.5, 0.6) is 0 Å². The summed E-state index contributed by atoms with van der Waals surface area (Å²) in [6.45, 7) is 2.92. The lowest BCUT2D eigenvalue weighted by atomic mass is 10.2. The van der Waals surface area contributed by atoms with E-state index in [0.717, 1.165) is 44.5 Å². The van der Waals surface area contributed by atoms with Crippen LogP contribution in [0.1, 0.15) is 42.2 Å². The molecule has 0 bridgehead atoms. The zero-order valence-electron chi connectivity index (χ0n) is 19.9. The zero-order chi connectivity index (χ0) is 24.5. The van der Waals surface area contributed by atoms with Gasteiger partial charge in [0.15, 0.2) is 12.0 Å². The average Bonchev–Trinajstić information content (AvgIpc) is 3.50. The maximum Gasteiger partial charge on any atom is 0.273 e. The molecule has 0 spiro atoms. The van der Waals surface area contributed by atoms with Gasteiger partial charge in [0, 0.05) is 52.5 Å². The van der Waals surface area contributed by atoms with Crippen molar-refractivity contribution in [3.05, 3.63) is 36.0 Å². The smallest absolute Gasteiger partial charge is 0.273 e. The lowest BCUT2D eigenvalue weighted by molar-refractivity contribution is 0.0810. The summed E-state index contributed by atoms with van der Waals surface area (Å²) in [5.41, 5.74) is 1.44. The fraction of sp³-hybridized carbons (Fsp3) is 0.458. The van der Waals surface area contributed by atoms with Crippen molar-refractivity contribution in [1.82, 2.24) is 29.3 Å². The van der Waals surface area contributed by atoms with Crippen molar-refractivity contribution in [3.63, 3.8) is 0 Å². The molecule has 5 rings (SSSR count). The third kappa shape index (κ3) is 4.32. The van der Waals surface area contributed by atoms with Crippen molar-refractivity contribution >= 4 is 34.4 Å². The van der Waals surface area contributed by atoms with Gasteiger partial charge in [-0.05, 0) is 25.0 Å². The standard InChI is InChI=1S/C24H28FN9O/c1-31(2)23(35)21-20(25)18-14-28-24(30-22(18)34(21)16-5-3-4-6-16)29-19-8-7-17(13-27-19)33-11-9-32(15-26)10-12-33/h7-8,13-14,16H,3-6,9-12H2,1-2H3,(H,27,28,29,30). The van der Waals surface area contributed by atoms with Gasteiger partial charge in [-0.2, -0.15) is 10.2 Å². The van der Waals surface area contributed by atoms with Crippen molar-refractivity contribution in [2.24, 2.45) is 0 Å². The number of fused-ring (bicyclic) bond motifs is 1. The molecule has 1 amide bonds.